The van der Waals surface area contributed by atoms with Crippen molar-refractivity contribution in [3.8, 4) is 5.82 Å². The van der Waals surface area contributed by atoms with Crippen molar-refractivity contribution in [2.24, 2.45) is 5.84 Å². The summed E-state index contributed by atoms with van der Waals surface area (Å²) >= 11 is 0. The predicted octanol–water partition coefficient (Wildman–Crippen LogP) is 1.21. The lowest BCUT2D eigenvalue weighted by Crippen LogP contribution is -2.13. The number of nitrogens with one attached hydrogen (secondary N) is 1. The molecule has 0 saturated carbocycles. The molecule has 0 atom stereocenters. The highest BCUT2D eigenvalue weighted by atomic mass is 19.1. The Labute approximate surface area is 97.7 Å². The molecule has 17 heavy (non-hydrogen) atoms. The summed E-state index contributed by atoms with van der Waals surface area (Å²) in [6.07, 6.45) is 2.70. The SMILES string of the molecule is CC(C)c1ccn(-c2nc(NN)ncc2F)n1. The first-order valence-corrected chi connectivity index (χ1v) is 5.17. The van der Waals surface area contributed by atoms with Gasteiger partial charge in [0.15, 0.2) is 11.6 Å². The van der Waals surface area contributed by atoms with Gasteiger partial charge in [-0.05, 0) is 12.0 Å². The zero-order valence-electron chi connectivity index (χ0n) is 9.55. The molecule has 0 fully saturated rings. The van der Waals surface area contributed by atoms with Crippen LogP contribution in [0.1, 0.15) is 25.5 Å². The van der Waals surface area contributed by atoms with Gasteiger partial charge < -0.3 is 0 Å². The van der Waals surface area contributed by atoms with Crippen LogP contribution >= 0.6 is 0 Å². The summed E-state index contributed by atoms with van der Waals surface area (Å²) < 4.78 is 14.9. The van der Waals surface area contributed by atoms with Crippen molar-refractivity contribution in [1.82, 2.24) is 19.7 Å². The Hall–Kier alpha value is -2.02. The van der Waals surface area contributed by atoms with Gasteiger partial charge in [0.2, 0.25) is 5.95 Å². The van der Waals surface area contributed by atoms with E-state index >= 15 is 0 Å². The van der Waals surface area contributed by atoms with E-state index in [9.17, 15) is 4.39 Å². The number of hydrogen-bond acceptors (Lipinski definition) is 5. The lowest BCUT2D eigenvalue weighted by Gasteiger charge is -2.04. The quantitative estimate of drug-likeness (QED) is 0.618. The molecular formula is C10H13FN6. The molecule has 2 rings (SSSR count). The third-order valence-electron chi connectivity index (χ3n) is 2.27. The fourth-order valence-corrected chi connectivity index (χ4v) is 1.35. The standard InChI is InChI=1S/C10H13FN6/c1-6(2)8-3-4-17(16-8)9-7(11)5-13-10(14-9)15-12/h3-6H,12H2,1-2H3,(H,13,14,15). The summed E-state index contributed by atoms with van der Waals surface area (Å²) in [5.41, 5.74) is 3.13. The normalized spacial score (nSPS) is 10.9. The highest BCUT2D eigenvalue weighted by Crippen LogP contribution is 2.15. The minimum atomic E-state index is -0.553. The van der Waals surface area contributed by atoms with E-state index in [1.54, 1.807) is 6.20 Å². The van der Waals surface area contributed by atoms with Gasteiger partial charge in [-0.15, -0.1) is 0 Å². The summed E-state index contributed by atoms with van der Waals surface area (Å²) in [6.45, 7) is 4.02. The van der Waals surface area contributed by atoms with Crippen molar-refractivity contribution in [3.63, 3.8) is 0 Å². The maximum Gasteiger partial charge on any atom is 0.239 e. The molecule has 0 aliphatic heterocycles. The Morgan fingerprint density at radius 2 is 2.24 bits per heavy atom. The minimum Gasteiger partial charge on any atom is -0.292 e. The first-order valence-electron chi connectivity index (χ1n) is 5.17. The number of halogens is 1. The smallest absolute Gasteiger partial charge is 0.239 e. The topological polar surface area (TPSA) is 81.7 Å². The van der Waals surface area contributed by atoms with Crippen LogP contribution < -0.4 is 11.3 Å². The zero-order chi connectivity index (χ0) is 12.4. The van der Waals surface area contributed by atoms with Crippen LogP contribution in [-0.2, 0) is 0 Å². The van der Waals surface area contributed by atoms with Crippen molar-refractivity contribution < 1.29 is 4.39 Å². The van der Waals surface area contributed by atoms with Gasteiger partial charge in [0.1, 0.15) is 0 Å². The van der Waals surface area contributed by atoms with E-state index in [1.807, 2.05) is 19.9 Å². The van der Waals surface area contributed by atoms with E-state index in [0.29, 0.717) is 0 Å². The molecule has 0 aromatic carbocycles. The summed E-state index contributed by atoms with van der Waals surface area (Å²) in [5.74, 6) is 5.10. The third kappa shape index (κ3) is 2.23. The van der Waals surface area contributed by atoms with Gasteiger partial charge >= 0.3 is 0 Å². The van der Waals surface area contributed by atoms with Crippen LogP contribution in [0.5, 0.6) is 0 Å². The van der Waals surface area contributed by atoms with Crippen LogP contribution in [-0.4, -0.2) is 19.7 Å². The van der Waals surface area contributed by atoms with E-state index in [2.05, 4.69) is 20.5 Å². The van der Waals surface area contributed by atoms with Gasteiger partial charge in [0.05, 0.1) is 11.9 Å². The second-order valence-electron chi connectivity index (χ2n) is 3.85. The van der Waals surface area contributed by atoms with Gasteiger partial charge in [-0.1, -0.05) is 13.8 Å². The monoisotopic (exact) mass is 236 g/mol. The summed E-state index contributed by atoms with van der Waals surface area (Å²) in [4.78, 5) is 7.57. The minimum absolute atomic E-state index is 0.0693. The summed E-state index contributed by atoms with van der Waals surface area (Å²) in [6, 6.07) is 1.82. The number of anilines is 1. The second-order valence-corrected chi connectivity index (χ2v) is 3.85. The Morgan fingerprint density at radius 3 is 2.82 bits per heavy atom. The molecule has 2 aromatic heterocycles. The van der Waals surface area contributed by atoms with Crippen LogP contribution in [0.2, 0.25) is 0 Å². The fraction of sp³-hybridized carbons (Fsp3) is 0.300. The third-order valence-corrected chi connectivity index (χ3v) is 2.27. The number of rotatable bonds is 3. The lowest BCUT2D eigenvalue weighted by molar-refractivity contribution is 0.591. The van der Waals surface area contributed by atoms with Crippen LogP contribution in [0.15, 0.2) is 18.5 Å². The van der Waals surface area contributed by atoms with Crippen molar-refractivity contribution in [1.29, 1.82) is 0 Å². The molecule has 0 radical (unpaired) electrons. The molecule has 0 saturated heterocycles. The number of aromatic nitrogens is 4. The number of nitrogens with zero attached hydrogens (tertiary/aromatic N) is 4. The van der Waals surface area contributed by atoms with Crippen molar-refractivity contribution in [3.05, 3.63) is 30.0 Å². The Morgan fingerprint density at radius 1 is 1.47 bits per heavy atom. The average Bonchev–Trinajstić information content (AvgIpc) is 2.79. The van der Waals surface area contributed by atoms with E-state index in [-0.39, 0.29) is 17.7 Å². The zero-order valence-corrected chi connectivity index (χ0v) is 9.55. The molecule has 0 spiro atoms. The fourth-order valence-electron chi connectivity index (χ4n) is 1.35. The molecule has 0 amide bonds. The highest BCUT2D eigenvalue weighted by molar-refractivity contribution is 5.31. The molecular weight excluding hydrogens is 223 g/mol. The van der Waals surface area contributed by atoms with Gasteiger partial charge in [-0.25, -0.2) is 19.9 Å². The molecule has 2 aromatic rings. The molecule has 2 heterocycles. The Kier molecular flexibility index (Phi) is 3.01. The first-order chi connectivity index (χ1) is 8.11. The molecule has 0 bridgehead atoms. The van der Waals surface area contributed by atoms with Crippen LogP contribution in [0.25, 0.3) is 5.82 Å². The first kappa shape index (κ1) is 11.5. The van der Waals surface area contributed by atoms with E-state index in [4.69, 9.17) is 5.84 Å². The van der Waals surface area contributed by atoms with Gasteiger partial charge in [-0.3, -0.25) is 5.43 Å². The number of hydrogen-bond donors (Lipinski definition) is 2. The molecule has 0 unspecified atom stereocenters. The van der Waals surface area contributed by atoms with Gasteiger partial charge in [-0.2, -0.15) is 10.1 Å². The highest BCUT2D eigenvalue weighted by Gasteiger charge is 2.11. The number of nitrogens with two attached hydrogens (primary N) is 1. The Bertz CT molecular complexity index is 521. The van der Waals surface area contributed by atoms with Crippen molar-refractivity contribution >= 4 is 5.95 Å². The molecule has 6 nitrogen and oxygen atoms in total. The lowest BCUT2D eigenvalue weighted by atomic mass is 10.1. The predicted molar refractivity (Wildman–Crippen MR) is 61.0 cm³/mol. The molecule has 3 N–H and O–H groups in total. The molecule has 90 valence electrons. The van der Waals surface area contributed by atoms with E-state index < -0.39 is 5.82 Å². The molecule has 7 heteroatoms. The maximum atomic E-state index is 13.5. The van der Waals surface area contributed by atoms with Crippen molar-refractivity contribution in [2.75, 3.05) is 5.43 Å². The number of hydrazine groups is 1. The van der Waals surface area contributed by atoms with E-state index in [0.717, 1.165) is 11.9 Å². The Balaban J connectivity index is 2.44. The van der Waals surface area contributed by atoms with E-state index in [1.165, 1.54) is 4.68 Å². The van der Waals surface area contributed by atoms with Crippen LogP contribution in [0.3, 0.4) is 0 Å². The molecule has 0 aliphatic rings. The van der Waals surface area contributed by atoms with Gasteiger partial charge in [0.25, 0.3) is 0 Å². The van der Waals surface area contributed by atoms with Crippen molar-refractivity contribution in [2.45, 2.75) is 19.8 Å². The number of nitrogen functional groups attached to an aromatic ring is 1. The van der Waals surface area contributed by atoms with Gasteiger partial charge in [0, 0.05) is 6.20 Å². The summed E-state index contributed by atoms with van der Waals surface area (Å²) in [5, 5.41) is 4.23. The average molecular weight is 236 g/mol. The van der Waals surface area contributed by atoms with Crippen LogP contribution in [0, 0.1) is 5.82 Å². The summed E-state index contributed by atoms with van der Waals surface area (Å²) in [7, 11) is 0. The van der Waals surface area contributed by atoms with Crippen LogP contribution in [0.4, 0.5) is 10.3 Å². The molecule has 0 aliphatic carbocycles. The second kappa shape index (κ2) is 4.46. The largest absolute Gasteiger partial charge is 0.292 e. The maximum absolute atomic E-state index is 13.5.